The lowest BCUT2D eigenvalue weighted by Crippen LogP contribution is -2.37. The Morgan fingerprint density at radius 1 is 1.17 bits per heavy atom. The number of pyridine rings is 1. The van der Waals surface area contributed by atoms with Crippen LogP contribution in [0.5, 0.6) is 0 Å². The lowest BCUT2D eigenvalue weighted by molar-refractivity contribution is -0.116. The van der Waals surface area contributed by atoms with Crippen molar-refractivity contribution in [3.8, 4) is 0 Å². The van der Waals surface area contributed by atoms with Gasteiger partial charge in [0.05, 0.1) is 5.56 Å². The van der Waals surface area contributed by atoms with Crippen molar-refractivity contribution in [1.29, 1.82) is 0 Å². The van der Waals surface area contributed by atoms with Crippen molar-refractivity contribution < 1.29 is 14.4 Å². The van der Waals surface area contributed by atoms with E-state index in [1.54, 1.807) is 12.1 Å². The van der Waals surface area contributed by atoms with Crippen LogP contribution >= 0.6 is 0 Å². The molecule has 3 amide bonds. The van der Waals surface area contributed by atoms with Gasteiger partial charge in [-0.25, -0.2) is 0 Å². The number of anilines is 1. The van der Waals surface area contributed by atoms with Crippen LogP contribution in [-0.4, -0.2) is 34.2 Å². The van der Waals surface area contributed by atoms with E-state index in [0.29, 0.717) is 5.69 Å². The van der Waals surface area contributed by atoms with E-state index in [0.717, 1.165) is 16.0 Å². The number of aryl methyl sites for hydroxylation is 2. The molecule has 0 bridgehead atoms. The van der Waals surface area contributed by atoms with Crippen LogP contribution in [0, 0.1) is 13.8 Å². The van der Waals surface area contributed by atoms with Crippen molar-refractivity contribution in [2.75, 3.05) is 11.9 Å². The van der Waals surface area contributed by atoms with Gasteiger partial charge in [0.2, 0.25) is 5.91 Å². The van der Waals surface area contributed by atoms with Gasteiger partial charge in [0.25, 0.3) is 11.8 Å². The van der Waals surface area contributed by atoms with Crippen LogP contribution in [-0.2, 0) is 4.79 Å². The van der Waals surface area contributed by atoms with Crippen LogP contribution in [0.3, 0.4) is 0 Å². The maximum Gasteiger partial charge on any atom is 0.280 e. The molecule has 23 heavy (non-hydrogen) atoms. The molecule has 0 spiro atoms. The van der Waals surface area contributed by atoms with E-state index < -0.39 is 17.7 Å². The molecule has 6 nitrogen and oxygen atoms in total. The normalized spacial score (nSPS) is 13.2. The Balaban J connectivity index is 1.74. The van der Waals surface area contributed by atoms with E-state index in [2.05, 4.69) is 10.3 Å². The number of hydrogen-bond acceptors (Lipinski definition) is 4. The number of nitrogens with zero attached hydrogens (tertiary/aromatic N) is 2. The highest BCUT2D eigenvalue weighted by Crippen LogP contribution is 2.21. The zero-order valence-corrected chi connectivity index (χ0v) is 12.8. The average molecular weight is 309 g/mol. The second kappa shape index (κ2) is 5.64. The van der Waals surface area contributed by atoms with Gasteiger partial charge in [0, 0.05) is 11.9 Å². The molecule has 0 unspecified atom stereocenters. The van der Waals surface area contributed by atoms with Gasteiger partial charge in [0.15, 0.2) is 0 Å². The Morgan fingerprint density at radius 2 is 1.96 bits per heavy atom. The van der Waals surface area contributed by atoms with E-state index in [9.17, 15) is 14.4 Å². The Labute approximate surface area is 133 Å². The maximum atomic E-state index is 12.2. The molecular formula is C17H15N3O3. The number of carbonyl (C=O) groups is 3. The molecule has 1 aromatic heterocycles. The number of fused-ring (bicyclic) bond motifs is 1. The summed E-state index contributed by atoms with van der Waals surface area (Å²) in [7, 11) is 0. The molecular weight excluding hydrogens is 294 g/mol. The molecule has 3 rings (SSSR count). The van der Waals surface area contributed by atoms with Crippen molar-refractivity contribution >= 4 is 23.4 Å². The molecule has 0 fully saturated rings. The van der Waals surface area contributed by atoms with Crippen LogP contribution < -0.4 is 5.32 Å². The van der Waals surface area contributed by atoms with Gasteiger partial charge in [-0.2, -0.15) is 0 Å². The number of hydrogen-bond donors (Lipinski definition) is 1. The summed E-state index contributed by atoms with van der Waals surface area (Å²) in [6.07, 6.45) is 1.45. The lowest BCUT2D eigenvalue weighted by Gasteiger charge is -2.14. The third kappa shape index (κ3) is 2.70. The quantitative estimate of drug-likeness (QED) is 0.879. The van der Waals surface area contributed by atoms with Crippen LogP contribution in [0.15, 0.2) is 36.5 Å². The molecule has 116 valence electrons. The Morgan fingerprint density at radius 3 is 2.65 bits per heavy atom. The minimum absolute atomic E-state index is 0.0943. The van der Waals surface area contributed by atoms with Gasteiger partial charge < -0.3 is 5.32 Å². The molecule has 2 aromatic rings. The van der Waals surface area contributed by atoms with Gasteiger partial charge in [-0.05, 0) is 37.6 Å². The fourth-order valence-corrected chi connectivity index (χ4v) is 2.54. The highest BCUT2D eigenvalue weighted by Gasteiger charge is 2.37. The minimum Gasteiger partial charge on any atom is -0.324 e. The van der Waals surface area contributed by atoms with Crippen molar-refractivity contribution in [2.45, 2.75) is 13.8 Å². The monoisotopic (exact) mass is 309 g/mol. The molecule has 0 aliphatic carbocycles. The van der Waals surface area contributed by atoms with Gasteiger partial charge in [-0.1, -0.05) is 17.7 Å². The molecule has 6 heteroatoms. The van der Waals surface area contributed by atoms with Gasteiger partial charge in [-0.3, -0.25) is 24.3 Å². The second-order valence-electron chi connectivity index (χ2n) is 5.46. The summed E-state index contributed by atoms with van der Waals surface area (Å²) in [5.41, 5.74) is 3.00. The Hall–Kier alpha value is -3.02. The van der Waals surface area contributed by atoms with Crippen molar-refractivity contribution in [3.05, 3.63) is 58.9 Å². The predicted molar refractivity (Wildman–Crippen MR) is 84.1 cm³/mol. The maximum absolute atomic E-state index is 12.2. The van der Waals surface area contributed by atoms with E-state index in [1.807, 2.05) is 26.0 Å². The van der Waals surface area contributed by atoms with Crippen molar-refractivity contribution in [2.24, 2.45) is 0 Å². The highest BCUT2D eigenvalue weighted by atomic mass is 16.2. The first-order valence-electron chi connectivity index (χ1n) is 7.15. The smallest absolute Gasteiger partial charge is 0.280 e. The van der Waals surface area contributed by atoms with Gasteiger partial charge in [0.1, 0.15) is 12.2 Å². The number of amides is 3. The number of rotatable bonds is 3. The fraction of sp³-hybridized carbons (Fsp3) is 0.176. The van der Waals surface area contributed by atoms with E-state index in [-0.39, 0.29) is 17.8 Å². The van der Waals surface area contributed by atoms with Crippen LogP contribution in [0.25, 0.3) is 0 Å². The third-order valence-electron chi connectivity index (χ3n) is 3.69. The summed E-state index contributed by atoms with van der Waals surface area (Å²) in [4.78, 5) is 41.4. The van der Waals surface area contributed by atoms with Gasteiger partial charge >= 0.3 is 0 Å². The highest BCUT2D eigenvalue weighted by molar-refractivity contribution is 6.21. The van der Waals surface area contributed by atoms with E-state index >= 15 is 0 Å². The first-order chi connectivity index (χ1) is 11.0. The summed E-state index contributed by atoms with van der Waals surface area (Å²) in [6, 6.07) is 8.75. The van der Waals surface area contributed by atoms with E-state index in [1.165, 1.54) is 12.3 Å². The first kappa shape index (κ1) is 14.9. The average Bonchev–Trinajstić information content (AvgIpc) is 2.76. The van der Waals surface area contributed by atoms with Gasteiger partial charge in [-0.15, -0.1) is 0 Å². The molecule has 1 N–H and O–H groups in total. The summed E-state index contributed by atoms with van der Waals surface area (Å²) >= 11 is 0. The van der Waals surface area contributed by atoms with Crippen molar-refractivity contribution in [1.82, 2.24) is 9.88 Å². The number of aromatic nitrogens is 1. The third-order valence-corrected chi connectivity index (χ3v) is 3.69. The minimum atomic E-state index is -0.540. The molecule has 0 saturated heterocycles. The molecule has 0 saturated carbocycles. The molecule has 0 radical (unpaired) electrons. The predicted octanol–water partition coefficient (Wildman–Crippen LogP) is 1.93. The van der Waals surface area contributed by atoms with Crippen LogP contribution in [0.2, 0.25) is 0 Å². The first-order valence-corrected chi connectivity index (χ1v) is 7.15. The number of carbonyl (C=O) groups excluding carboxylic acids is 3. The number of benzene rings is 1. The molecule has 1 aliphatic rings. The summed E-state index contributed by atoms with van der Waals surface area (Å²) < 4.78 is 0. The molecule has 1 aliphatic heterocycles. The molecule has 0 atom stereocenters. The Bertz CT molecular complexity index is 795. The zero-order valence-electron chi connectivity index (χ0n) is 12.8. The summed E-state index contributed by atoms with van der Waals surface area (Å²) in [5, 5.41) is 2.73. The topological polar surface area (TPSA) is 79.4 Å². The summed E-state index contributed by atoms with van der Waals surface area (Å²) in [6.45, 7) is 3.51. The molecule has 2 heterocycles. The largest absolute Gasteiger partial charge is 0.324 e. The molecule has 1 aromatic carbocycles. The van der Waals surface area contributed by atoms with Crippen LogP contribution in [0.4, 0.5) is 5.69 Å². The fourth-order valence-electron chi connectivity index (χ4n) is 2.54. The second-order valence-corrected chi connectivity index (χ2v) is 5.46. The van der Waals surface area contributed by atoms with E-state index in [4.69, 9.17) is 0 Å². The zero-order chi connectivity index (χ0) is 16.6. The number of imide groups is 1. The SMILES string of the molecule is Cc1ccc(NC(=O)CN2C(=O)c3cccnc3C2=O)c(C)c1. The Kier molecular flexibility index (Phi) is 3.65. The van der Waals surface area contributed by atoms with Crippen LogP contribution in [0.1, 0.15) is 32.0 Å². The summed E-state index contributed by atoms with van der Waals surface area (Å²) in [5.74, 6) is -1.46. The van der Waals surface area contributed by atoms with Crippen molar-refractivity contribution in [3.63, 3.8) is 0 Å². The lowest BCUT2D eigenvalue weighted by atomic mass is 10.1. The standard InChI is InChI=1S/C17H15N3O3/c1-10-5-6-13(11(2)8-10)19-14(21)9-20-16(22)12-4-3-7-18-15(12)17(20)23/h3-8H,9H2,1-2H3,(H,19,21). The number of nitrogens with one attached hydrogen (secondary N) is 1.